The van der Waals surface area contributed by atoms with Gasteiger partial charge in [0.25, 0.3) is 0 Å². The quantitative estimate of drug-likeness (QED) is 0.829. The van der Waals surface area contributed by atoms with E-state index in [4.69, 9.17) is 11.6 Å². The van der Waals surface area contributed by atoms with E-state index in [-0.39, 0.29) is 0 Å². The average molecular weight is 224 g/mol. The van der Waals surface area contributed by atoms with Gasteiger partial charge in [0.1, 0.15) is 0 Å². The molecule has 0 atom stereocenters. The highest BCUT2D eigenvalue weighted by molar-refractivity contribution is 6.30. The van der Waals surface area contributed by atoms with E-state index in [1.807, 2.05) is 19.2 Å². The zero-order valence-electron chi connectivity index (χ0n) is 9.22. The van der Waals surface area contributed by atoms with Crippen LogP contribution in [-0.2, 0) is 5.41 Å². The van der Waals surface area contributed by atoms with Crippen LogP contribution in [0.25, 0.3) is 0 Å². The van der Waals surface area contributed by atoms with Gasteiger partial charge in [0.05, 0.1) is 0 Å². The Morgan fingerprint density at radius 3 is 2.33 bits per heavy atom. The zero-order valence-corrected chi connectivity index (χ0v) is 9.98. The molecule has 1 aliphatic carbocycles. The van der Waals surface area contributed by atoms with Crippen molar-refractivity contribution < 1.29 is 0 Å². The molecule has 0 radical (unpaired) electrons. The van der Waals surface area contributed by atoms with Crippen molar-refractivity contribution in [1.82, 2.24) is 5.32 Å². The van der Waals surface area contributed by atoms with Crippen LogP contribution in [0.3, 0.4) is 0 Å². The number of nitrogens with one attached hydrogen (secondary N) is 1. The lowest BCUT2D eigenvalue weighted by Gasteiger charge is -2.29. The van der Waals surface area contributed by atoms with Gasteiger partial charge in [-0.2, -0.15) is 0 Å². The van der Waals surface area contributed by atoms with Crippen molar-refractivity contribution in [3.8, 4) is 0 Å². The molecule has 1 aromatic rings. The molecule has 1 nitrogen and oxygen atoms in total. The lowest BCUT2D eigenvalue weighted by Crippen LogP contribution is -2.34. The molecule has 2 heteroatoms. The monoisotopic (exact) mass is 223 g/mol. The van der Waals surface area contributed by atoms with Crippen molar-refractivity contribution >= 4 is 11.6 Å². The SMILES string of the molecule is CNCC1(c2ccc(Cl)cc2)CCCC1. The fourth-order valence-corrected chi connectivity index (χ4v) is 2.89. The van der Waals surface area contributed by atoms with Crippen molar-refractivity contribution in [1.29, 1.82) is 0 Å². The molecule has 1 aliphatic rings. The van der Waals surface area contributed by atoms with Gasteiger partial charge in [0, 0.05) is 17.0 Å². The van der Waals surface area contributed by atoms with E-state index in [2.05, 4.69) is 17.4 Å². The van der Waals surface area contributed by atoms with Gasteiger partial charge in [-0.1, -0.05) is 36.6 Å². The third kappa shape index (κ3) is 2.19. The summed E-state index contributed by atoms with van der Waals surface area (Å²) in [7, 11) is 2.04. The summed E-state index contributed by atoms with van der Waals surface area (Å²) in [6, 6.07) is 8.38. The highest BCUT2D eigenvalue weighted by atomic mass is 35.5. The summed E-state index contributed by atoms with van der Waals surface area (Å²) in [5.41, 5.74) is 1.80. The van der Waals surface area contributed by atoms with Crippen LogP contribution in [0.1, 0.15) is 31.2 Å². The molecule has 1 N–H and O–H groups in total. The van der Waals surface area contributed by atoms with Crippen LogP contribution in [-0.4, -0.2) is 13.6 Å². The Morgan fingerprint density at radius 2 is 1.80 bits per heavy atom. The molecular weight excluding hydrogens is 206 g/mol. The fourth-order valence-electron chi connectivity index (χ4n) is 2.76. The van der Waals surface area contributed by atoms with Crippen molar-refractivity contribution in [3.05, 3.63) is 34.9 Å². The number of halogens is 1. The minimum atomic E-state index is 0.360. The van der Waals surface area contributed by atoms with E-state index in [0.29, 0.717) is 5.41 Å². The summed E-state index contributed by atoms with van der Waals surface area (Å²) in [6.07, 6.45) is 5.31. The standard InChI is InChI=1S/C13H18ClN/c1-15-10-13(8-2-3-9-13)11-4-6-12(14)7-5-11/h4-7,15H,2-3,8-10H2,1H3. The maximum atomic E-state index is 5.93. The third-order valence-electron chi connectivity index (χ3n) is 3.53. The number of hydrogen-bond acceptors (Lipinski definition) is 1. The van der Waals surface area contributed by atoms with Crippen LogP contribution in [0.4, 0.5) is 0 Å². The first-order valence-corrected chi connectivity index (χ1v) is 6.05. The Morgan fingerprint density at radius 1 is 1.20 bits per heavy atom. The number of likely N-dealkylation sites (N-methyl/N-ethyl adjacent to an activating group) is 1. The predicted octanol–water partition coefficient (Wildman–Crippen LogP) is 3.37. The first-order chi connectivity index (χ1) is 7.27. The molecule has 15 heavy (non-hydrogen) atoms. The van der Waals surface area contributed by atoms with E-state index in [9.17, 15) is 0 Å². The zero-order chi connectivity index (χ0) is 10.7. The van der Waals surface area contributed by atoms with Gasteiger partial charge in [-0.05, 0) is 37.6 Å². The van der Waals surface area contributed by atoms with Gasteiger partial charge >= 0.3 is 0 Å². The van der Waals surface area contributed by atoms with Gasteiger partial charge in [-0.15, -0.1) is 0 Å². The maximum absolute atomic E-state index is 5.93. The van der Waals surface area contributed by atoms with Gasteiger partial charge in [-0.3, -0.25) is 0 Å². The summed E-state index contributed by atoms with van der Waals surface area (Å²) >= 11 is 5.93. The Bertz CT molecular complexity index is 312. The van der Waals surface area contributed by atoms with E-state index in [0.717, 1.165) is 11.6 Å². The van der Waals surface area contributed by atoms with Gasteiger partial charge < -0.3 is 5.32 Å². The van der Waals surface area contributed by atoms with Crippen LogP contribution in [0.2, 0.25) is 5.02 Å². The molecule has 0 saturated heterocycles. The molecule has 1 saturated carbocycles. The fraction of sp³-hybridized carbons (Fsp3) is 0.538. The summed E-state index contributed by atoms with van der Waals surface area (Å²) in [4.78, 5) is 0. The topological polar surface area (TPSA) is 12.0 Å². The van der Waals surface area contributed by atoms with Crippen molar-refractivity contribution in [3.63, 3.8) is 0 Å². The molecule has 0 unspecified atom stereocenters. The van der Waals surface area contributed by atoms with Gasteiger partial charge in [0.2, 0.25) is 0 Å². The largest absolute Gasteiger partial charge is 0.319 e. The average Bonchev–Trinajstić information content (AvgIpc) is 2.69. The molecule has 82 valence electrons. The molecule has 0 aromatic heterocycles. The molecule has 1 fully saturated rings. The normalized spacial score (nSPS) is 19.3. The minimum Gasteiger partial charge on any atom is -0.319 e. The van der Waals surface area contributed by atoms with Crippen molar-refractivity contribution in [2.75, 3.05) is 13.6 Å². The molecule has 2 rings (SSSR count). The van der Waals surface area contributed by atoms with Crippen LogP contribution >= 0.6 is 11.6 Å². The molecular formula is C13H18ClN. The van der Waals surface area contributed by atoms with E-state index in [1.54, 1.807) is 0 Å². The molecule has 1 aromatic carbocycles. The van der Waals surface area contributed by atoms with Gasteiger partial charge in [-0.25, -0.2) is 0 Å². The van der Waals surface area contributed by atoms with E-state index in [1.165, 1.54) is 31.2 Å². The molecule has 0 heterocycles. The van der Waals surface area contributed by atoms with E-state index < -0.39 is 0 Å². The summed E-state index contributed by atoms with van der Waals surface area (Å²) < 4.78 is 0. The first-order valence-electron chi connectivity index (χ1n) is 5.67. The lowest BCUT2D eigenvalue weighted by molar-refractivity contribution is 0.421. The maximum Gasteiger partial charge on any atom is 0.0406 e. The highest BCUT2D eigenvalue weighted by Crippen LogP contribution is 2.40. The second kappa shape index (κ2) is 4.54. The molecule has 0 aliphatic heterocycles. The Labute approximate surface area is 96.8 Å². The molecule has 0 spiro atoms. The minimum absolute atomic E-state index is 0.360. The first kappa shape index (κ1) is 11.0. The number of benzene rings is 1. The summed E-state index contributed by atoms with van der Waals surface area (Å²) in [5.74, 6) is 0. The van der Waals surface area contributed by atoms with Crippen LogP contribution in [0.15, 0.2) is 24.3 Å². The second-order valence-electron chi connectivity index (χ2n) is 4.52. The highest BCUT2D eigenvalue weighted by Gasteiger charge is 2.34. The summed E-state index contributed by atoms with van der Waals surface area (Å²) in [5, 5.41) is 4.16. The third-order valence-corrected chi connectivity index (χ3v) is 3.78. The Balaban J connectivity index is 2.28. The smallest absolute Gasteiger partial charge is 0.0406 e. The molecule has 0 bridgehead atoms. The molecule has 0 amide bonds. The van der Waals surface area contributed by atoms with Crippen LogP contribution in [0.5, 0.6) is 0 Å². The lowest BCUT2D eigenvalue weighted by atomic mass is 9.79. The van der Waals surface area contributed by atoms with Crippen molar-refractivity contribution in [2.24, 2.45) is 0 Å². The Kier molecular flexibility index (Phi) is 3.32. The van der Waals surface area contributed by atoms with Gasteiger partial charge in [0.15, 0.2) is 0 Å². The second-order valence-corrected chi connectivity index (χ2v) is 4.96. The van der Waals surface area contributed by atoms with Crippen LogP contribution in [0, 0.1) is 0 Å². The number of rotatable bonds is 3. The summed E-state index contributed by atoms with van der Waals surface area (Å²) in [6.45, 7) is 1.08. The van der Waals surface area contributed by atoms with Crippen molar-refractivity contribution in [2.45, 2.75) is 31.1 Å². The number of hydrogen-bond donors (Lipinski definition) is 1. The predicted molar refractivity (Wildman–Crippen MR) is 65.5 cm³/mol. The van der Waals surface area contributed by atoms with Crippen LogP contribution < -0.4 is 5.32 Å². The Hall–Kier alpha value is -0.530. The van der Waals surface area contributed by atoms with E-state index >= 15 is 0 Å².